The zero-order valence-corrected chi connectivity index (χ0v) is 12.6. The van der Waals surface area contributed by atoms with Gasteiger partial charge >= 0.3 is 0 Å². The van der Waals surface area contributed by atoms with Gasteiger partial charge in [-0.3, -0.25) is 9.78 Å². The molecule has 6 nitrogen and oxygen atoms in total. The van der Waals surface area contributed by atoms with Crippen LogP contribution in [0.5, 0.6) is 0 Å². The smallest absolute Gasteiger partial charge is 0.207 e. The van der Waals surface area contributed by atoms with Crippen molar-refractivity contribution in [3.05, 3.63) is 71.3 Å². The standard InChI is InChI=1S/C16H10ClN5O/c17-12-5-1-2-7-15(12)22-10-14(20-21-22)16(23)11(9-18)13-6-3-4-8-19-13/h1-8,10-11H/t11-/m0/s1. The molecule has 1 aromatic carbocycles. The summed E-state index contributed by atoms with van der Waals surface area (Å²) in [6.45, 7) is 0. The maximum Gasteiger partial charge on any atom is 0.207 e. The van der Waals surface area contributed by atoms with Crippen LogP contribution in [0.25, 0.3) is 5.69 Å². The number of carbonyl (C=O) groups excluding carboxylic acids is 1. The maximum atomic E-state index is 12.5. The van der Waals surface area contributed by atoms with Gasteiger partial charge in [0.2, 0.25) is 5.78 Å². The number of Topliss-reactive ketones (excluding diaryl/α,β-unsaturated/α-hetero) is 1. The van der Waals surface area contributed by atoms with E-state index in [1.54, 1.807) is 42.5 Å². The molecule has 23 heavy (non-hydrogen) atoms. The minimum absolute atomic E-state index is 0.0853. The first-order chi connectivity index (χ1) is 11.2. The minimum atomic E-state index is -1.02. The molecule has 0 aliphatic carbocycles. The summed E-state index contributed by atoms with van der Waals surface area (Å²) < 4.78 is 1.41. The van der Waals surface area contributed by atoms with Crippen LogP contribution in [0.2, 0.25) is 5.02 Å². The van der Waals surface area contributed by atoms with Crippen LogP contribution in [0.4, 0.5) is 0 Å². The molecule has 3 rings (SSSR count). The van der Waals surface area contributed by atoms with Crippen molar-refractivity contribution in [3.63, 3.8) is 0 Å². The molecule has 1 atom stereocenters. The number of ketones is 1. The van der Waals surface area contributed by atoms with E-state index in [9.17, 15) is 10.1 Å². The fraction of sp³-hybridized carbons (Fsp3) is 0.0625. The number of halogens is 1. The van der Waals surface area contributed by atoms with Crippen LogP contribution >= 0.6 is 11.6 Å². The molecule has 2 aromatic heterocycles. The first-order valence-corrected chi connectivity index (χ1v) is 7.10. The average molecular weight is 324 g/mol. The normalized spacial score (nSPS) is 11.7. The fourth-order valence-corrected chi connectivity index (χ4v) is 2.31. The molecule has 3 aromatic rings. The van der Waals surface area contributed by atoms with Crippen molar-refractivity contribution in [1.82, 2.24) is 20.0 Å². The van der Waals surface area contributed by atoms with Crippen molar-refractivity contribution in [2.75, 3.05) is 0 Å². The van der Waals surface area contributed by atoms with E-state index in [0.717, 1.165) is 0 Å². The number of hydrogen-bond donors (Lipinski definition) is 0. The Morgan fingerprint density at radius 2 is 2.00 bits per heavy atom. The third-order valence-corrected chi connectivity index (χ3v) is 3.54. The Bertz CT molecular complexity index is 885. The van der Waals surface area contributed by atoms with Crippen molar-refractivity contribution in [2.45, 2.75) is 5.92 Å². The summed E-state index contributed by atoms with van der Waals surface area (Å²) in [6, 6.07) is 14.1. The van der Waals surface area contributed by atoms with Gasteiger partial charge in [0, 0.05) is 6.20 Å². The lowest BCUT2D eigenvalue weighted by atomic mass is 9.99. The second kappa shape index (κ2) is 6.38. The van der Waals surface area contributed by atoms with Crippen LogP contribution < -0.4 is 0 Å². The van der Waals surface area contributed by atoms with E-state index in [1.807, 2.05) is 6.07 Å². The average Bonchev–Trinajstić information content (AvgIpc) is 3.06. The summed E-state index contributed by atoms with van der Waals surface area (Å²) in [7, 11) is 0. The Morgan fingerprint density at radius 1 is 1.22 bits per heavy atom. The number of carbonyl (C=O) groups is 1. The molecule has 0 fully saturated rings. The number of nitriles is 1. The van der Waals surface area contributed by atoms with Crippen LogP contribution in [0.15, 0.2) is 54.9 Å². The van der Waals surface area contributed by atoms with E-state index in [0.29, 0.717) is 16.4 Å². The van der Waals surface area contributed by atoms with Crippen LogP contribution in [0.1, 0.15) is 22.1 Å². The van der Waals surface area contributed by atoms with Crippen molar-refractivity contribution in [1.29, 1.82) is 5.26 Å². The van der Waals surface area contributed by atoms with Crippen molar-refractivity contribution >= 4 is 17.4 Å². The number of aromatic nitrogens is 4. The summed E-state index contributed by atoms with van der Waals surface area (Å²) in [5.41, 5.74) is 1.07. The van der Waals surface area contributed by atoms with Gasteiger partial charge in [0.15, 0.2) is 11.6 Å². The SMILES string of the molecule is N#C[C@H](C(=O)c1cn(-c2ccccc2Cl)nn1)c1ccccn1. The van der Waals surface area contributed by atoms with Gasteiger partial charge in [-0.25, -0.2) is 4.68 Å². The van der Waals surface area contributed by atoms with E-state index in [4.69, 9.17) is 11.6 Å². The predicted octanol–water partition coefficient (Wildman–Crippen LogP) is 2.81. The molecule has 0 radical (unpaired) electrons. The maximum absolute atomic E-state index is 12.5. The van der Waals surface area contributed by atoms with Crippen molar-refractivity contribution < 1.29 is 4.79 Å². The molecule has 112 valence electrons. The summed E-state index contributed by atoms with van der Waals surface area (Å²) in [5, 5.41) is 17.5. The Morgan fingerprint density at radius 3 is 2.70 bits per heavy atom. The second-order valence-corrected chi connectivity index (χ2v) is 5.09. The zero-order valence-electron chi connectivity index (χ0n) is 11.8. The van der Waals surface area contributed by atoms with Crippen LogP contribution in [0.3, 0.4) is 0 Å². The summed E-state index contributed by atoms with van der Waals surface area (Å²) >= 11 is 6.10. The van der Waals surface area contributed by atoms with Gasteiger partial charge < -0.3 is 0 Å². The summed E-state index contributed by atoms with van der Waals surface area (Å²) in [6.07, 6.45) is 2.99. The van der Waals surface area contributed by atoms with Gasteiger partial charge in [0.25, 0.3) is 0 Å². The second-order valence-electron chi connectivity index (χ2n) is 4.68. The van der Waals surface area contributed by atoms with Gasteiger partial charge in [-0.05, 0) is 24.3 Å². The highest BCUT2D eigenvalue weighted by molar-refractivity contribution is 6.32. The number of rotatable bonds is 4. The highest BCUT2D eigenvalue weighted by Crippen LogP contribution is 2.21. The number of nitrogens with zero attached hydrogens (tertiary/aromatic N) is 5. The molecule has 2 heterocycles. The quantitative estimate of drug-likeness (QED) is 0.689. The van der Waals surface area contributed by atoms with E-state index >= 15 is 0 Å². The number of para-hydroxylation sites is 1. The van der Waals surface area contributed by atoms with Crippen molar-refractivity contribution in [2.24, 2.45) is 0 Å². The highest BCUT2D eigenvalue weighted by atomic mass is 35.5. The molecule has 0 unspecified atom stereocenters. The zero-order chi connectivity index (χ0) is 16.2. The monoisotopic (exact) mass is 323 g/mol. The molecule has 0 N–H and O–H groups in total. The Balaban J connectivity index is 1.93. The summed E-state index contributed by atoms with van der Waals surface area (Å²) in [5.74, 6) is -1.47. The summed E-state index contributed by atoms with van der Waals surface area (Å²) in [4.78, 5) is 16.6. The first kappa shape index (κ1) is 14.9. The predicted molar refractivity (Wildman–Crippen MR) is 83.3 cm³/mol. The van der Waals surface area contributed by atoms with E-state index in [1.165, 1.54) is 17.1 Å². The Labute approximate surface area is 137 Å². The Hall–Kier alpha value is -3.04. The highest BCUT2D eigenvalue weighted by Gasteiger charge is 2.25. The van der Waals surface area contributed by atoms with Crippen molar-refractivity contribution in [3.8, 4) is 11.8 Å². The van der Waals surface area contributed by atoms with Crippen LogP contribution in [0, 0.1) is 11.3 Å². The van der Waals surface area contributed by atoms with Gasteiger partial charge in [0.05, 0.1) is 28.7 Å². The molecule has 0 spiro atoms. The van der Waals surface area contributed by atoms with Crippen LogP contribution in [-0.2, 0) is 0 Å². The third kappa shape index (κ3) is 2.96. The topological polar surface area (TPSA) is 84.5 Å². The molecule has 7 heteroatoms. The minimum Gasteiger partial charge on any atom is -0.290 e. The van der Waals surface area contributed by atoms with Gasteiger partial charge in [-0.2, -0.15) is 5.26 Å². The van der Waals surface area contributed by atoms with E-state index < -0.39 is 11.7 Å². The van der Waals surface area contributed by atoms with E-state index in [-0.39, 0.29) is 5.69 Å². The first-order valence-electron chi connectivity index (χ1n) is 6.72. The molecular formula is C16H10ClN5O. The van der Waals surface area contributed by atoms with Gasteiger partial charge in [-0.1, -0.05) is 35.0 Å². The van der Waals surface area contributed by atoms with Gasteiger partial charge in [-0.15, -0.1) is 5.10 Å². The Kier molecular flexibility index (Phi) is 4.13. The van der Waals surface area contributed by atoms with Gasteiger partial charge in [0.1, 0.15) is 0 Å². The third-order valence-electron chi connectivity index (χ3n) is 3.22. The van der Waals surface area contributed by atoms with E-state index in [2.05, 4.69) is 15.3 Å². The molecule has 0 bridgehead atoms. The molecule has 0 aliphatic heterocycles. The molecular weight excluding hydrogens is 314 g/mol. The largest absolute Gasteiger partial charge is 0.290 e. The lowest BCUT2D eigenvalue weighted by Crippen LogP contribution is -2.13. The van der Waals surface area contributed by atoms with Crippen LogP contribution in [-0.4, -0.2) is 25.8 Å². The lowest BCUT2D eigenvalue weighted by Gasteiger charge is -2.04. The molecule has 0 aliphatic rings. The molecule has 0 amide bonds. The number of hydrogen-bond acceptors (Lipinski definition) is 5. The molecule has 0 saturated carbocycles. The fourth-order valence-electron chi connectivity index (χ4n) is 2.09. The molecule has 0 saturated heterocycles. The number of benzene rings is 1. The number of pyridine rings is 1. The lowest BCUT2D eigenvalue weighted by molar-refractivity contribution is 0.0972.